The molecule has 3 heterocycles. The van der Waals surface area contributed by atoms with Crippen LogP contribution in [0.1, 0.15) is 38.3 Å². The lowest BCUT2D eigenvalue weighted by atomic mass is 9.98. The average Bonchev–Trinajstić information content (AvgIpc) is 3.45. The Hall–Kier alpha value is -3.14. The number of carbonyl (C=O) groups excluding carboxylic acids is 2. The molecule has 6 nitrogen and oxygen atoms in total. The molecule has 158 valence electrons. The minimum atomic E-state index is -0.182. The number of hydrogen-bond donors (Lipinski definition) is 1. The van der Waals surface area contributed by atoms with Gasteiger partial charge in [-0.3, -0.25) is 14.5 Å². The van der Waals surface area contributed by atoms with Crippen molar-refractivity contribution in [1.29, 1.82) is 5.26 Å². The molecule has 0 bridgehead atoms. The Morgan fingerprint density at radius 2 is 1.81 bits per heavy atom. The molecule has 2 amide bonds. The number of H-pyrrole nitrogens is 1. The third-order valence-corrected chi connectivity index (χ3v) is 6.29. The Bertz CT molecular complexity index is 1160. The van der Waals surface area contributed by atoms with Crippen molar-refractivity contribution in [2.45, 2.75) is 12.8 Å². The second-order valence-electron chi connectivity index (χ2n) is 8.15. The molecule has 0 aliphatic carbocycles. The highest BCUT2D eigenvalue weighted by atomic mass is 35.5. The Labute approximate surface area is 186 Å². The molecule has 2 aromatic carbocycles. The zero-order valence-corrected chi connectivity index (χ0v) is 17.8. The maximum atomic E-state index is 12.5. The summed E-state index contributed by atoms with van der Waals surface area (Å²) in [7, 11) is 0. The van der Waals surface area contributed by atoms with Crippen LogP contribution < -0.4 is 0 Å². The summed E-state index contributed by atoms with van der Waals surface area (Å²) in [4.78, 5) is 32.1. The maximum Gasteiger partial charge on any atom is 0.261 e. The van der Waals surface area contributed by atoms with E-state index in [0.29, 0.717) is 35.7 Å². The fourth-order valence-corrected chi connectivity index (χ4v) is 4.69. The largest absolute Gasteiger partial charge is 0.361 e. The molecule has 0 radical (unpaired) electrons. The molecule has 1 N–H and O–H groups in total. The van der Waals surface area contributed by atoms with Crippen LogP contribution in [0, 0.1) is 17.2 Å². The molecule has 5 rings (SSSR count). The molecule has 31 heavy (non-hydrogen) atoms. The van der Waals surface area contributed by atoms with Crippen molar-refractivity contribution in [2.75, 3.05) is 26.2 Å². The van der Waals surface area contributed by atoms with Crippen molar-refractivity contribution >= 4 is 35.1 Å². The molecule has 1 aromatic heterocycles. The Morgan fingerprint density at radius 1 is 1.06 bits per heavy atom. The molecular formula is C24H23ClN4O2. The number of likely N-dealkylation sites (tertiary alicyclic amines) is 1. The second-order valence-corrected chi connectivity index (χ2v) is 8.15. The van der Waals surface area contributed by atoms with Gasteiger partial charge in [-0.1, -0.05) is 12.1 Å². The molecule has 1 atom stereocenters. The van der Waals surface area contributed by atoms with Gasteiger partial charge in [0.25, 0.3) is 11.8 Å². The van der Waals surface area contributed by atoms with Gasteiger partial charge < -0.3 is 9.88 Å². The lowest BCUT2D eigenvalue weighted by Crippen LogP contribution is -2.37. The minimum absolute atomic E-state index is 0. The monoisotopic (exact) mass is 434 g/mol. The van der Waals surface area contributed by atoms with Crippen LogP contribution in [0.5, 0.6) is 0 Å². The summed E-state index contributed by atoms with van der Waals surface area (Å²) < 4.78 is 0. The number of imide groups is 1. The molecular weight excluding hydrogens is 412 g/mol. The van der Waals surface area contributed by atoms with Crippen molar-refractivity contribution in [3.8, 4) is 6.07 Å². The minimum Gasteiger partial charge on any atom is -0.361 e. The van der Waals surface area contributed by atoms with Gasteiger partial charge in [-0.2, -0.15) is 5.26 Å². The number of amides is 2. The SMILES string of the molecule is Cl.N#Cc1ccc2[nH]cc(CC3CCN(CCN4C(=O)c5ccccc5C4=O)C3)c2c1. The van der Waals surface area contributed by atoms with Gasteiger partial charge in [0.2, 0.25) is 0 Å². The summed E-state index contributed by atoms with van der Waals surface area (Å²) >= 11 is 0. The van der Waals surface area contributed by atoms with Crippen LogP contribution >= 0.6 is 12.4 Å². The van der Waals surface area contributed by atoms with E-state index in [1.165, 1.54) is 10.5 Å². The van der Waals surface area contributed by atoms with E-state index in [9.17, 15) is 9.59 Å². The number of nitrogens with one attached hydrogen (secondary N) is 1. The zero-order chi connectivity index (χ0) is 20.7. The number of fused-ring (bicyclic) bond motifs is 2. The lowest BCUT2D eigenvalue weighted by Gasteiger charge is -2.20. The molecule has 0 spiro atoms. The van der Waals surface area contributed by atoms with E-state index in [1.54, 1.807) is 24.3 Å². The third kappa shape index (κ3) is 3.83. The highest BCUT2D eigenvalue weighted by Crippen LogP contribution is 2.27. The van der Waals surface area contributed by atoms with Crippen LogP contribution in [0.15, 0.2) is 48.7 Å². The second kappa shape index (κ2) is 8.54. The van der Waals surface area contributed by atoms with Crippen LogP contribution in [0.4, 0.5) is 0 Å². The van der Waals surface area contributed by atoms with Gasteiger partial charge in [-0.25, -0.2) is 0 Å². The lowest BCUT2D eigenvalue weighted by molar-refractivity contribution is 0.0640. The first-order valence-corrected chi connectivity index (χ1v) is 10.3. The number of rotatable bonds is 5. The van der Waals surface area contributed by atoms with Crippen molar-refractivity contribution < 1.29 is 9.59 Å². The molecule has 1 saturated heterocycles. The van der Waals surface area contributed by atoms with Crippen molar-refractivity contribution in [1.82, 2.24) is 14.8 Å². The van der Waals surface area contributed by atoms with Crippen LogP contribution in [-0.4, -0.2) is 52.8 Å². The number of nitriles is 1. The highest BCUT2D eigenvalue weighted by molar-refractivity contribution is 6.21. The molecule has 3 aromatic rings. The fourth-order valence-electron chi connectivity index (χ4n) is 4.69. The van der Waals surface area contributed by atoms with E-state index in [0.717, 1.165) is 36.8 Å². The first-order chi connectivity index (χ1) is 14.6. The van der Waals surface area contributed by atoms with Gasteiger partial charge in [-0.15, -0.1) is 12.4 Å². The van der Waals surface area contributed by atoms with Crippen LogP contribution in [0.25, 0.3) is 10.9 Å². The van der Waals surface area contributed by atoms with E-state index >= 15 is 0 Å². The van der Waals surface area contributed by atoms with Gasteiger partial charge >= 0.3 is 0 Å². The molecule has 1 unspecified atom stereocenters. The topological polar surface area (TPSA) is 80.2 Å². The smallest absolute Gasteiger partial charge is 0.261 e. The normalized spacial score (nSPS) is 18.3. The molecule has 7 heteroatoms. The predicted octanol–water partition coefficient (Wildman–Crippen LogP) is 3.62. The number of carbonyl (C=O) groups is 2. The maximum absolute atomic E-state index is 12.5. The number of aromatic nitrogens is 1. The highest BCUT2D eigenvalue weighted by Gasteiger charge is 2.35. The molecule has 1 fully saturated rings. The van der Waals surface area contributed by atoms with Crippen molar-refractivity contribution in [2.24, 2.45) is 5.92 Å². The standard InChI is InChI=1S/C24H22N4O2.ClH/c25-13-16-5-6-22-21(12-16)18(14-26-22)11-17-7-8-27(15-17)9-10-28-23(29)19-3-1-2-4-20(19)24(28)30;/h1-6,12,14,17,26H,7-11,15H2;1H. The number of hydrogen-bond acceptors (Lipinski definition) is 4. The number of nitrogens with zero attached hydrogens (tertiary/aromatic N) is 3. The van der Waals surface area contributed by atoms with E-state index in [1.807, 2.05) is 24.4 Å². The number of halogens is 1. The van der Waals surface area contributed by atoms with Crippen molar-refractivity contribution in [3.63, 3.8) is 0 Å². The van der Waals surface area contributed by atoms with E-state index in [-0.39, 0.29) is 24.2 Å². The van der Waals surface area contributed by atoms with Crippen molar-refractivity contribution in [3.05, 3.63) is 70.9 Å². The van der Waals surface area contributed by atoms with Gasteiger partial charge in [0.05, 0.1) is 22.8 Å². The average molecular weight is 435 g/mol. The third-order valence-electron chi connectivity index (χ3n) is 6.29. The van der Waals surface area contributed by atoms with Gasteiger partial charge in [0.15, 0.2) is 0 Å². The summed E-state index contributed by atoms with van der Waals surface area (Å²) in [5.74, 6) is 0.161. The quantitative estimate of drug-likeness (QED) is 0.622. The number of aromatic amines is 1. The molecule has 0 saturated carbocycles. The Kier molecular flexibility index (Phi) is 5.81. The summed E-state index contributed by atoms with van der Waals surface area (Å²) in [6, 6.07) is 15.0. The predicted molar refractivity (Wildman–Crippen MR) is 120 cm³/mol. The number of benzene rings is 2. The molecule has 2 aliphatic heterocycles. The summed E-state index contributed by atoms with van der Waals surface area (Å²) in [6.07, 6.45) is 4.10. The summed E-state index contributed by atoms with van der Waals surface area (Å²) in [5.41, 5.74) is 4.01. The Morgan fingerprint density at radius 3 is 2.52 bits per heavy atom. The first kappa shape index (κ1) is 21.1. The summed E-state index contributed by atoms with van der Waals surface area (Å²) in [6.45, 7) is 3.06. The van der Waals surface area contributed by atoms with Gasteiger partial charge in [0, 0.05) is 36.7 Å². The first-order valence-electron chi connectivity index (χ1n) is 10.3. The molecule has 2 aliphatic rings. The fraction of sp³-hybridized carbons (Fsp3) is 0.292. The zero-order valence-electron chi connectivity index (χ0n) is 17.0. The van der Waals surface area contributed by atoms with E-state index < -0.39 is 0 Å². The van der Waals surface area contributed by atoms with Gasteiger partial charge in [-0.05, 0) is 61.2 Å². The Balaban J connectivity index is 0.00000231. The van der Waals surface area contributed by atoms with Crippen LogP contribution in [0.3, 0.4) is 0 Å². The van der Waals surface area contributed by atoms with E-state index in [4.69, 9.17) is 5.26 Å². The summed E-state index contributed by atoms with van der Waals surface area (Å²) in [5, 5.41) is 10.3. The van der Waals surface area contributed by atoms with Crippen LogP contribution in [0.2, 0.25) is 0 Å². The van der Waals surface area contributed by atoms with E-state index in [2.05, 4.69) is 16.0 Å². The van der Waals surface area contributed by atoms with Gasteiger partial charge in [0.1, 0.15) is 0 Å². The van der Waals surface area contributed by atoms with Crippen LogP contribution in [-0.2, 0) is 6.42 Å².